The van der Waals surface area contributed by atoms with Crippen molar-refractivity contribution >= 4 is 6.09 Å². The van der Waals surface area contributed by atoms with Crippen LogP contribution in [0, 0.1) is 5.92 Å². The van der Waals surface area contributed by atoms with Crippen molar-refractivity contribution in [2.45, 2.75) is 52.9 Å². The first kappa shape index (κ1) is 17.5. The average molecular weight is 293 g/mol. The zero-order valence-electron chi connectivity index (χ0n) is 13.7. The molecule has 1 atom stereocenters. The summed E-state index contributed by atoms with van der Waals surface area (Å²) in [6.07, 6.45) is -0.399. The van der Waals surface area contributed by atoms with Gasteiger partial charge in [0.25, 0.3) is 0 Å². The third-order valence-electron chi connectivity index (χ3n) is 2.92. The molecule has 1 unspecified atom stereocenters. The highest BCUT2D eigenvalue weighted by Crippen LogP contribution is 2.09. The molecule has 21 heavy (non-hydrogen) atoms. The molecule has 0 saturated heterocycles. The van der Waals surface area contributed by atoms with E-state index in [0.29, 0.717) is 13.2 Å². The second-order valence-electron chi connectivity index (χ2n) is 6.50. The minimum absolute atomic E-state index is 0.0661. The Balaban J connectivity index is 2.41. The highest BCUT2D eigenvalue weighted by atomic mass is 16.6. The van der Waals surface area contributed by atoms with E-state index < -0.39 is 11.7 Å². The molecule has 1 N–H and O–H groups in total. The van der Waals surface area contributed by atoms with Crippen LogP contribution in [0.5, 0.6) is 0 Å². The molecule has 1 rings (SSSR count). The van der Waals surface area contributed by atoms with Gasteiger partial charge in [-0.05, 0) is 32.3 Å². The summed E-state index contributed by atoms with van der Waals surface area (Å²) in [5.74, 6) is 0.272. The van der Waals surface area contributed by atoms with Crippen molar-refractivity contribution in [2.75, 3.05) is 6.61 Å². The van der Waals surface area contributed by atoms with Crippen molar-refractivity contribution < 1.29 is 14.3 Å². The SMILES string of the molecule is CC(C)C(COCc1ccccc1)NC(=O)OC(C)(C)C. The summed E-state index contributed by atoms with van der Waals surface area (Å²) >= 11 is 0. The first-order chi connectivity index (χ1) is 9.78. The van der Waals surface area contributed by atoms with Crippen LogP contribution in [0.1, 0.15) is 40.2 Å². The lowest BCUT2D eigenvalue weighted by Gasteiger charge is -2.25. The maximum atomic E-state index is 11.8. The number of ether oxygens (including phenoxy) is 2. The van der Waals surface area contributed by atoms with E-state index in [1.165, 1.54) is 0 Å². The monoisotopic (exact) mass is 293 g/mol. The van der Waals surface area contributed by atoms with Crippen LogP contribution in [0.4, 0.5) is 4.79 Å². The van der Waals surface area contributed by atoms with Crippen molar-refractivity contribution in [3.8, 4) is 0 Å². The summed E-state index contributed by atoms with van der Waals surface area (Å²) in [7, 11) is 0. The van der Waals surface area contributed by atoms with Crippen LogP contribution in [0.15, 0.2) is 30.3 Å². The number of benzene rings is 1. The minimum atomic E-state index is -0.490. The normalized spacial score (nSPS) is 13.0. The maximum absolute atomic E-state index is 11.8. The van der Waals surface area contributed by atoms with Gasteiger partial charge in [0.2, 0.25) is 0 Å². The molecule has 4 nitrogen and oxygen atoms in total. The average Bonchev–Trinajstić information content (AvgIpc) is 2.36. The Bertz CT molecular complexity index is 423. The van der Waals surface area contributed by atoms with E-state index in [1.54, 1.807) is 0 Å². The summed E-state index contributed by atoms with van der Waals surface area (Å²) in [5.41, 5.74) is 0.633. The number of carbonyl (C=O) groups excluding carboxylic acids is 1. The fourth-order valence-electron chi connectivity index (χ4n) is 1.74. The Kier molecular flexibility index (Phi) is 6.69. The van der Waals surface area contributed by atoms with Crippen LogP contribution in [0.3, 0.4) is 0 Å². The molecule has 0 aliphatic carbocycles. The predicted molar refractivity (Wildman–Crippen MR) is 84.1 cm³/mol. The van der Waals surface area contributed by atoms with E-state index in [4.69, 9.17) is 9.47 Å². The molecular weight excluding hydrogens is 266 g/mol. The molecule has 0 saturated carbocycles. The third kappa shape index (κ3) is 7.71. The predicted octanol–water partition coefficient (Wildman–Crippen LogP) is 3.75. The third-order valence-corrected chi connectivity index (χ3v) is 2.92. The van der Waals surface area contributed by atoms with E-state index in [0.717, 1.165) is 5.56 Å². The van der Waals surface area contributed by atoms with Crippen molar-refractivity contribution in [3.63, 3.8) is 0 Å². The molecule has 0 spiro atoms. The van der Waals surface area contributed by atoms with E-state index in [2.05, 4.69) is 5.32 Å². The van der Waals surface area contributed by atoms with Crippen molar-refractivity contribution in [1.82, 2.24) is 5.32 Å². The minimum Gasteiger partial charge on any atom is -0.444 e. The van der Waals surface area contributed by atoms with Gasteiger partial charge in [0.05, 0.1) is 19.3 Å². The van der Waals surface area contributed by atoms with Gasteiger partial charge in [-0.15, -0.1) is 0 Å². The van der Waals surface area contributed by atoms with E-state index in [-0.39, 0.29) is 12.0 Å². The Morgan fingerprint density at radius 1 is 1.19 bits per heavy atom. The second kappa shape index (κ2) is 8.03. The summed E-state index contributed by atoms with van der Waals surface area (Å²) < 4.78 is 11.0. The van der Waals surface area contributed by atoms with Gasteiger partial charge in [-0.3, -0.25) is 0 Å². The van der Waals surface area contributed by atoms with Gasteiger partial charge in [0.15, 0.2) is 0 Å². The Morgan fingerprint density at radius 3 is 2.33 bits per heavy atom. The highest BCUT2D eigenvalue weighted by molar-refractivity contribution is 5.68. The molecule has 1 amide bonds. The van der Waals surface area contributed by atoms with Gasteiger partial charge in [-0.1, -0.05) is 44.2 Å². The van der Waals surface area contributed by atoms with Crippen molar-refractivity contribution in [2.24, 2.45) is 5.92 Å². The topological polar surface area (TPSA) is 47.6 Å². The summed E-state index contributed by atoms with van der Waals surface area (Å²) in [6.45, 7) is 10.7. The first-order valence-corrected chi connectivity index (χ1v) is 7.39. The van der Waals surface area contributed by atoms with Crippen LogP contribution in [-0.2, 0) is 16.1 Å². The maximum Gasteiger partial charge on any atom is 0.407 e. The zero-order chi connectivity index (χ0) is 15.9. The fourth-order valence-corrected chi connectivity index (χ4v) is 1.74. The van der Waals surface area contributed by atoms with Crippen LogP contribution >= 0.6 is 0 Å². The molecule has 0 fully saturated rings. The van der Waals surface area contributed by atoms with Gasteiger partial charge >= 0.3 is 6.09 Å². The van der Waals surface area contributed by atoms with Crippen molar-refractivity contribution in [1.29, 1.82) is 0 Å². The molecule has 0 bridgehead atoms. The number of rotatable bonds is 6. The highest BCUT2D eigenvalue weighted by Gasteiger charge is 2.21. The van der Waals surface area contributed by atoms with Gasteiger partial charge in [0.1, 0.15) is 5.60 Å². The fraction of sp³-hybridized carbons (Fsp3) is 0.588. The molecule has 0 heterocycles. The molecule has 1 aromatic rings. The summed E-state index contributed by atoms with van der Waals surface area (Å²) in [4.78, 5) is 11.8. The van der Waals surface area contributed by atoms with Crippen LogP contribution in [0.2, 0.25) is 0 Å². The Morgan fingerprint density at radius 2 is 1.81 bits per heavy atom. The van der Waals surface area contributed by atoms with E-state index >= 15 is 0 Å². The lowest BCUT2D eigenvalue weighted by Crippen LogP contribution is -2.44. The number of hydrogen-bond acceptors (Lipinski definition) is 3. The van der Waals surface area contributed by atoms with Gasteiger partial charge in [0, 0.05) is 0 Å². The lowest BCUT2D eigenvalue weighted by atomic mass is 10.1. The lowest BCUT2D eigenvalue weighted by molar-refractivity contribution is 0.0388. The molecule has 0 aromatic heterocycles. The van der Waals surface area contributed by atoms with E-state index in [1.807, 2.05) is 65.0 Å². The van der Waals surface area contributed by atoms with Crippen LogP contribution in [-0.4, -0.2) is 24.3 Å². The van der Waals surface area contributed by atoms with Crippen molar-refractivity contribution in [3.05, 3.63) is 35.9 Å². The number of carbonyl (C=O) groups is 1. The first-order valence-electron chi connectivity index (χ1n) is 7.39. The number of alkyl carbamates (subject to hydrolysis) is 1. The molecule has 1 aromatic carbocycles. The number of amides is 1. The summed E-state index contributed by atoms with van der Waals surface area (Å²) in [6, 6.07) is 9.92. The standard InChI is InChI=1S/C17H27NO3/c1-13(2)15(18-16(19)21-17(3,4)5)12-20-11-14-9-7-6-8-10-14/h6-10,13,15H,11-12H2,1-5H3,(H,18,19). The van der Waals surface area contributed by atoms with Gasteiger partial charge in [-0.2, -0.15) is 0 Å². The molecular formula is C17H27NO3. The number of nitrogens with one attached hydrogen (secondary N) is 1. The second-order valence-corrected chi connectivity index (χ2v) is 6.50. The molecule has 118 valence electrons. The molecule has 0 aliphatic heterocycles. The van der Waals surface area contributed by atoms with E-state index in [9.17, 15) is 4.79 Å². The number of hydrogen-bond donors (Lipinski definition) is 1. The summed E-state index contributed by atoms with van der Waals surface area (Å²) in [5, 5.41) is 2.87. The van der Waals surface area contributed by atoms with Gasteiger partial charge < -0.3 is 14.8 Å². The quantitative estimate of drug-likeness (QED) is 0.869. The van der Waals surface area contributed by atoms with Crippen LogP contribution < -0.4 is 5.32 Å². The molecule has 4 heteroatoms. The Labute approximate surface area is 127 Å². The Hall–Kier alpha value is -1.55. The molecule has 0 aliphatic rings. The molecule has 0 radical (unpaired) electrons. The smallest absolute Gasteiger partial charge is 0.407 e. The van der Waals surface area contributed by atoms with Crippen LogP contribution in [0.25, 0.3) is 0 Å². The largest absolute Gasteiger partial charge is 0.444 e. The van der Waals surface area contributed by atoms with Gasteiger partial charge in [-0.25, -0.2) is 4.79 Å². The zero-order valence-corrected chi connectivity index (χ0v) is 13.7.